The Balaban J connectivity index is 2.67. The molecule has 22 heavy (non-hydrogen) atoms. The third kappa shape index (κ3) is 5.72. The van der Waals surface area contributed by atoms with E-state index in [9.17, 15) is 18.0 Å². The van der Waals surface area contributed by atoms with E-state index in [0.29, 0.717) is 0 Å². The molecule has 0 aliphatic heterocycles. The lowest BCUT2D eigenvalue weighted by atomic mass is 10.2. The predicted molar refractivity (Wildman–Crippen MR) is 80.6 cm³/mol. The highest BCUT2D eigenvalue weighted by atomic mass is 32.2. The molecule has 0 aromatic heterocycles. The van der Waals surface area contributed by atoms with Crippen molar-refractivity contribution >= 4 is 22.0 Å². The first-order valence-corrected chi connectivity index (χ1v) is 8.11. The molecule has 0 bridgehead atoms. The lowest BCUT2D eigenvalue weighted by Crippen LogP contribution is -2.47. The van der Waals surface area contributed by atoms with Gasteiger partial charge in [0.25, 0.3) is 15.9 Å². The van der Waals surface area contributed by atoms with Gasteiger partial charge in [-0.15, -0.1) is 0 Å². The number of benzene rings is 1. The molecule has 122 valence electrons. The first-order chi connectivity index (χ1) is 10.0. The zero-order valence-corrected chi connectivity index (χ0v) is 13.7. The normalized spacial score (nSPS) is 13.1. The average Bonchev–Trinajstić information content (AvgIpc) is 2.36. The molecule has 1 unspecified atom stereocenters. The quantitative estimate of drug-likeness (QED) is 0.870. The third-order valence-corrected chi connectivity index (χ3v) is 3.78. The fourth-order valence-electron chi connectivity index (χ4n) is 1.43. The minimum atomic E-state index is -3.97. The van der Waals surface area contributed by atoms with Crippen LogP contribution in [0, 0.1) is 0 Å². The second-order valence-corrected chi connectivity index (χ2v) is 7.33. The van der Waals surface area contributed by atoms with E-state index >= 15 is 0 Å². The maximum Gasteiger partial charge on any atom is 0.408 e. The number of sulfonamides is 1. The van der Waals surface area contributed by atoms with Crippen LogP contribution in [-0.2, 0) is 19.6 Å². The summed E-state index contributed by atoms with van der Waals surface area (Å²) in [6.45, 7) is 6.39. The van der Waals surface area contributed by atoms with E-state index in [1.165, 1.54) is 19.1 Å². The lowest BCUT2D eigenvalue weighted by Gasteiger charge is -2.21. The zero-order chi connectivity index (χ0) is 17.0. The van der Waals surface area contributed by atoms with Gasteiger partial charge in [0.2, 0.25) is 0 Å². The molecule has 0 radical (unpaired) electrons. The Morgan fingerprint density at radius 3 is 2.18 bits per heavy atom. The fourth-order valence-corrected chi connectivity index (χ4v) is 2.50. The molecule has 8 heteroatoms. The number of alkyl carbamates (subject to hydrolysis) is 1. The minimum Gasteiger partial charge on any atom is -0.444 e. The van der Waals surface area contributed by atoms with E-state index in [0.717, 1.165) is 0 Å². The van der Waals surface area contributed by atoms with Gasteiger partial charge in [0, 0.05) is 0 Å². The van der Waals surface area contributed by atoms with Gasteiger partial charge in [-0.2, -0.15) is 0 Å². The average molecular weight is 328 g/mol. The number of hydrogen-bond acceptors (Lipinski definition) is 5. The van der Waals surface area contributed by atoms with Crippen molar-refractivity contribution in [2.75, 3.05) is 0 Å². The van der Waals surface area contributed by atoms with Crippen LogP contribution < -0.4 is 10.0 Å². The second kappa shape index (κ2) is 6.78. The van der Waals surface area contributed by atoms with Gasteiger partial charge in [0.15, 0.2) is 0 Å². The maximum atomic E-state index is 12.0. The molecule has 0 saturated heterocycles. The Morgan fingerprint density at radius 1 is 1.14 bits per heavy atom. The molecule has 1 atom stereocenters. The van der Waals surface area contributed by atoms with E-state index in [4.69, 9.17) is 4.74 Å². The van der Waals surface area contributed by atoms with E-state index in [1.807, 2.05) is 4.72 Å². The summed E-state index contributed by atoms with van der Waals surface area (Å²) in [5.41, 5.74) is -0.712. The molecule has 0 heterocycles. The first-order valence-electron chi connectivity index (χ1n) is 6.62. The van der Waals surface area contributed by atoms with Crippen LogP contribution in [0.15, 0.2) is 35.2 Å². The van der Waals surface area contributed by atoms with Crippen LogP contribution in [0.25, 0.3) is 0 Å². The summed E-state index contributed by atoms with van der Waals surface area (Å²) in [4.78, 5) is 23.4. The number of carbonyl (C=O) groups excluding carboxylic acids is 2. The molecule has 1 rings (SSSR count). The van der Waals surface area contributed by atoms with Gasteiger partial charge in [0.05, 0.1) is 4.90 Å². The topological polar surface area (TPSA) is 102 Å². The Morgan fingerprint density at radius 2 is 1.68 bits per heavy atom. The Bertz CT molecular complexity index is 635. The molecule has 0 aliphatic carbocycles. The van der Waals surface area contributed by atoms with Gasteiger partial charge >= 0.3 is 6.09 Å². The number of carbonyl (C=O) groups is 2. The smallest absolute Gasteiger partial charge is 0.408 e. The molecule has 2 amide bonds. The van der Waals surface area contributed by atoms with Crippen LogP contribution in [0.1, 0.15) is 27.7 Å². The second-order valence-electron chi connectivity index (χ2n) is 5.65. The molecule has 7 nitrogen and oxygen atoms in total. The van der Waals surface area contributed by atoms with Crippen molar-refractivity contribution in [3.63, 3.8) is 0 Å². The standard InChI is InChI=1S/C14H20N2O5S/c1-10(15-13(18)21-14(2,3)4)12(17)16-22(19,20)11-8-6-5-7-9-11/h5-10H,1-4H3,(H,15,18)(H,16,17). The Labute approximate surface area is 130 Å². The Kier molecular flexibility index (Phi) is 5.54. The highest BCUT2D eigenvalue weighted by Crippen LogP contribution is 2.08. The van der Waals surface area contributed by atoms with Crippen LogP contribution in [0.3, 0.4) is 0 Å². The van der Waals surface area contributed by atoms with Crippen LogP contribution in [-0.4, -0.2) is 32.1 Å². The van der Waals surface area contributed by atoms with Gasteiger partial charge in [-0.05, 0) is 39.8 Å². The predicted octanol–water partition coefficient (Wildman–Crippen LogP) is 1.40. The SMILES string of the molecule is CC(NC(=O)OC(C)(C)C)C(=O)NS(=O)(=O)c1ccccc1. The monoisotopic (exact) mass is 328 g/mol. The number of ether oxygens (including phenoxy) is 1. The van der Waals surface area contributed by atoms with Crippen molar-refractivity contribution in [2.24, 2.45) is 0 Å². The molecular weight excluding hydrogens is 308 g/mol. The van der Waals surface area contributed by atoms with Gasteiger partial charge in [-0.25, -0.2) is 17.9 Å². The van der Waals surface area contributed by atoms with E-state index in [2.05, 4.69) is 5.32 Å². The van der Waals surface area contributed by atoms with Gasteiger partial charge < -0.3 is 10.1 Å². The van der Waals surface area contributed by atoms with E-state index < -0.39 is 33.7 Å². The van der Waals surface area contributed by atoms with Crippen LogP contribution in [0.2, 0.25) is 0 Å². The summed E-state index contributed by atoms with van der Waals surface area (Å²) >= 11 is 0. The lowest BCUT2D eigenvalue weighted by molar-refractivity contribution is -0.121. The fraction of sp³-hybridized carbons (Fsp3) is 0.429. The highest BCUT2D eigenvalue weighted by molar-refractivity contribution is 7.90. The van der Waals surface area contributed by atoms with Crippen LogP contribution in [0.4, 0.5) is 4.79 Å². The van der Waals surface area contributed by atoms with Crippen molar-refractivity contribution in [2.45, 2.75) is 44.2 Å². The van der Waals surface area contributed by atoms with Crippen molar-refractivity contribution < 1.29 is 22.7 Å². The van der Waals surface area contributed by atoms with E-state index in [-0.39, 0.29) is 4.90 Å². The van der Waals surface area contributed by atoms with Crippen molar-refractivity contribution in [3.8, 4) is 0 Å². The molecule has 1 aromatic rings. The highest BCUT2D eigenvalue weighted by Gasteiger charge is 2.24. The number of nitrogens with one attached hydrogen (secondary N) is 2. The molecule has 0 fully saturated rings. The maximum absolute atomic E-state index is 12.0. The van der Waals surface area contributed by atoms with Gasteiger partial charge in [0.1, 0.15) is 11.6 Å². The number of rotatable bonds is 4. The van der Waals surface area contributed by atoms with Gasteiger partial charge in [-0.3, -0.25) is 4.79 Å². The largest absolute Gasteiger partial charge is 0.444 e. The summed E-state index contributed by atoms with van der Waals surface area (Å²) in [7, 11) is -3.97. The summed E-state index contributed by atoms with van der Waals surface area (Å²) in [5, 5.41) is 2.27. The van der Waals surface area contributed by atoms with Crippen molar-refractivity contribution in [1.29, 1.82) is 0 Å². The zero-order valence-electron chi connectivity index (χ0n) is 12.9. The molecular formula is C14H20N2O5S. The van der Waals surface area contributed by atoms with Crippen LogP contribution in [0.5, 0.6) is 0 Å². The summed E-state index contributed by atoms with van der Waals surface area (Å²) < 4.78 is 30.9. The first kappa shape index (κ1) is 18.0. The molecule has 0 spiro atoms. The van der Waals surface area contributed by atoms with Crippen LogP contribution >= 0.6 is 0 Å². The number of amides is 2. The summed E-state index contributed by atoms with van der Waals surface area (Å²) in [6.07, 6.45) is -0.799. The third-order valence-electron chi connectivity index (χ3n) is 2.41. The minimum absolute atomic E-state index is 0.0344. The van der Waals surface area contributed by atoms with Gasteiger partial charge in [-0.1, -0.05) is 18.2 Å². The van der Waals surface area contributed by atoms with E-state index in [1.54, 1.807) is 39.0 Å². The molecule has 1 aromatic carbocycles. The molecule has 0 saturated carbocycles. The summed E-state index contributed by atoms with van der Waals surface area (Å²) in [5.74, 6) is -0.852. The molecule has 2 N–H and O–H groups in total. The summed E-state index contributed by atoms with van der Waals surface area (Å²) in [6, 6.07) is 6.41. The number of hydrogen-bond donors (Lipinski definition) is 2. The molecule has 0 aliphatic rings. The van der Waals surface area contributed by atoms with Crippen molar-refractivity contribution in [3.05, 3.63) is 30.3 Å². The Hall–Kier alpha value is -2.09. The van der Waals surface area contributed by atoms with Crippen molar-refractivity contribution in [1.82, 2.24) is 10.0 Å².